The van der Waals surface area contributed by atoms with E-state index in [-0.39, 0.29) is 12.2 Å². The quantitative estimate of drug-likeness (QED) is 0.756. The Kier molecular flexibility index (Phi) is 4.16. The number of pyridine rings is 1. The number of aromatic nitrogens is 4. The third kappa shape index (κ3) is 3.11. The maximum atomic E-state index is 14.0. The number of rotatable bonds is 4. The monoisotopic (exact) mass is 376 g/mol. The van der Waals surface area contributed by atoms with Crippen molar-refractivity contribution >= 4 is 21.9 Å². The molecule has 2 aromatic heterocycles. The van der Waals surface area contributed by atoms with Crippen LogP contribution < -0.4 is 0 Å². The summed E-state index contributed by atoms with van der Waals surface area (Å²) < 4.78 is 16.0. The topological polar surface area (TPSA) is 80.9 Å². The second-order valence-corrected chi connectivity index (χ2v) is 5.64. The van der Waals surface area contributed by atoms with E-state index in [9.17, 15) is 14.3 Å². The Morgan fingerprint density at radius 1 is 1.26 bits per heavy atom. The van der Waals surface area contributed by atoms with Crippen LogP contribution in [0.15, 0.2) is 47.2 Å². The van der Waals surface area contributed by atoms with E-state index in [4.69, 9.17) is 0 Å². The second kappa shape index (κ2) is 6.25. The van der Waals surface area contributed by atoms with Crippen molar-refractivity contribution in [1.29, 1.82) is 0 Å². The average molecular weight is 377 g/mol. The van der Waals surface area contributed by atoms with E-state index in [2.05, 4.69) is 31.2 Å². The van der Waals surface area contributed by atoms with Gasteiger partial charge in [0.15, 0.2) is 5.69 Å². The van der Waals surface area contributed by atoms with Gasteiger partial charge >= 0.3 is 5.97 Å². The Morgan fingerprint density at radius 2 is 2.00 bits per heavy atom. The summed E-state index contributed by atoms with van der Waals surface area (Å²) in [4.78, 5) is 15.3. The van der Waals surface area contributed by atoms with E-state index in [1.54, 1.807) is 36.7 Å². The number of halogens is 2. The molecule has 0 atom stereocenters. The molecule has 1 N–H and O–H groups in total. The number of benzene rings is 1. The zero-order chi connectivity index (χ0) is 16.4. The van der Waals surface area contributed by atoms with Crippen LogP contribution >= 0.6 is 15.9 Å². The van der Waals surface area contributed by atoms with Gasteiger partial charge in [0.05, 0.1) is 6.54 Å². The van der Waals surface area contributed by atoms with Crippen molar-refractivity contribution in [3.8, 4) is 11.3 Å². The summed E-state index contributed by atoms with van der Waals surface area (Å²) in [6.45, 7) is 0.0665. The first-order valence-electron chi connectivity index (χ1n) is 6.57. The average Bonchev–Trinajstić information content (AvgIpc) is 2.95. The molecule has 3 rings (SSSR count). The Bertz CT molecular complexity index is 867. The van der Waals surface area contributed by atoms with Gasteiger partial charge in [0.1, 0.15) is 11.5 Å². The molecule has 0 saturated carbocycles. The Hall–Kier alpha value is -2.61. The lowest BCUT2D eigenvalue weighted by atomic mass is 10.1. The molecular weight excluding hydrogens is 367 g/mol. The van der Waals surface area contributed by atoms with Gasteiger partial charge in [-0.15, -0.1) is 5.10 Å². The molecule has 0 spiro atoms. The van der Waals surface area contributed by atoms with Crippen molar-refractivity contribution in [3.05, 3.63) is 64.3 Å². The molecule has 3 aromatic rings. The van der Waals surface area contributed by atoms with Gasteiger partial charge in [-0.1, -0.05) is 27.2 Å². The molecule has 0 unspecified atom stereocenters. The van der Waals surface area contributed by atoms with E-state index in [0.717, 1.165) is 0 Å². The van der Waals surface area contributed by atoms with E-state index in [0.29, 0.717) is 21.3 Å². The van der Waals surface area contributed by atoms with Gasteiger partial charge in [-0.05, 0) is 24.3 Å². The van der Waals surface area contributed by atoms with Crippen LogP contribution in [0.5, 0.6) is 0 Å². The van der Waals surface area contributed by atoms with Crippen molar-refractivity contribution < 1.29 is 14.3 Å². The number of aromatic carboxylic acids is 1. The summed E-state index contributed by atoms with van der Waals surface area (Å²) in [7, 11) is 0. The van der Waals surface area contributed by atoms with Crippen LogP contribution in [0.2, 0.25) is 0 Å². The fourth-order valence-corrected chi connectivity index (χ4v) is 2.51. The minimum Gasteiger partial charge on any atom is -0.476 e. The zero-order valence-electron chi connectivity index (χ0n) is 11.6. The predicted molar refractivity (Wildman–Crippen MR) is 83.4 cm³/mol. The number of carbonyl (C=O) groups is 1. The highest BCUT2D eigenvalue weighted by atomic mass is 79.9. The molecule has 0 aliphatic rings. The van der Waals surface area contributed by atoms with Crippen molar-refractivity contribution in [2.45, 2.75) is 6.54 Å². The molecule has 23 heavy (non-hydrogen) atoms. The van der Waals surface area contributed by atoms with Gasteiger partial charge < -0.3 is 5.11 Å². The molecule has 116 valence electrons. The van der Waals surface area contributed by atoms with Crippen LogP contribution in [0.4, 0.5) is 4.39 Å². The van der Waals surface area contributed by atoms with E-state index < -0.39 is 11.8 Å². The first kappa shape index (κ1) is 15.3. The molecule has 0 amide bonds. The van der Waals surface area contributed by atoms with Crippen molar-refractivity contribution in [2.75, 3.05) is 0 Å². The summed E-state index contributed by atoms with van der Waals surface area (Å²) in [5, 5.41) is 16.8. The molecule has 0 bridgehead atoms. The smallest absolute Gasteiger partial charge is 0.358 e. The van der Waals surface area contributed by atoms with Gasteiger partial charge in [-0.25, -0.2) is 13.9 Å². The predicted octanol–water partition coefficient (Wildman–Crippen LogP) is 2.99. The molecule has 0 aliphatic heterocycles. The maximum absolute atomic E-state index is 14.0. The third-order valence-electron chi connectivity index (χ3n) is 3.23. The van der Waals surface area contributed by atoms with Crippen LogP contribution in [0, 0.1) is 5.82 Å². The first-order valence-corrected chi connectivity index (χ1v) is 7.36. The molecule has 0 radical (unpaired) electrons. The first-order chi connectivity index (χ1) is 11.1. The lowest BCUT2D eigenvalue weighted by molar-refractivity contribution is 0.0691. The summed E-state index contributed by atoms with van der Waals surface area (Å²) in [5.41, 5.74) is 1.10. The SMILES string of the molecule is O=C(O)c1nnn(Cc2ccc(Br)cc2F)c1-c1ccncc1. The minimum atomic E-state index is -1.20. The molecule has 1 aromatic carbocycles. The third-order valence-corrected chi connectivity index (χ3v) is 3.72. The fraction of sp³-hybridized carbons (Fsp3) is 0.0667. The van der Waals surface area contributed by atoms with Gasteiger partial charge in [-0.2, -0.15) is 0 Å². The van der Waals surface area contributed by atoms with Gasteiger partial charge in [0, 0.05) is 28.0 Å². The lowest BCUT2D eigenvalue weighted by Gasteiger charge is -2.08. The maximum Gasteiger partial charge on any atom is 0.358 e. The Morgan fingerprint density at radius 3 is 2.65 bits per heavy atom. The van der Waals surface area contributed by atoms with E-state index >= 15 is 0 Å². The van der Waals surface area contributed by atoms with Crippen LogP contribution in [0.1, 0.15) is 16.1 Å². The lowest BCUT2D eigenvalue weighted by Crippen LogP contribution is -2.07. The summed E-state index contributed by atoms with van der Waals surface area (Å²) in [6, 6.07) is 7.97. The largest absolute Gasteiger partial charge is 0.476 e. The molecule has 2 heterocycles. The van der Waals surface area contributed by atoms with Crippen molar-refractivity contribution in [2.24, 2.45) is 0 Å². The van der Waals surface area contributed by atoms with E-state index in [1.165, 1.54) is 10.7 Å². The Balaban J connectivity index is 2.08. The number of nitrogens with zero attached hydrogens (tertiary/aromatic N) is 4. The summed E-state index contributed by atoms with van der Waals surface area (Å²) >= 11 is 3.20. The van der Waals surface area contributed by atoms with Crippen molar-refractivity contribution in [3.63, 3.8) is 0 Å². The van der Waals surface area contributed by atoms with Gasteiger partial charge in [-0.3, -0.25) is 4.98 Å². The highest BCUT2D eigenvalue weighted by molar-refractivity contribution is 9.10. The van der Waals surface area contributed by atoms with Crippen LogP contribution in [0.25, 0.3) is 11.3 Å². The van der Waals surface area contributed by atoms with Crippen molar-refractivity contribution in [1.82, 2.24) is 20.0 Å². The van der Waals surface area contributed by atoms with Crippen LogP contribution in [0.3, 0.4) is 0 Å². The fourth-order valence-electron chi connectivity index (χ4n) is 2.17. The zero-order valence-corrected chi connectivity index (χ0v) is 13.2. The number of hydrogen-bond donors (Lipinski definition) is 1. The van der Waals surface area contributed by atoms with Gasteiger partial charge in [0.2, 0.25) is 0 Å². The van der Waals surface area contributed by atoms with Gasteiger partial charge in [0.25, 0.3) is 0 Å². The molecule has 0 saturated heterocycles. The molecule has 0 aliphatic carbocycles. The number of hydrogen-bond acceptors (Lipinski definition) is 4. The normalized spacial score (nSPS) is 10.7. The Labute approximate surface area is 138 Å². The molecule has 0 fully saturated rings. The number of carboxylic acids is 1. The number of carboxylic acid groups (broad SMARTS) is 1. The van der Waals surface area contributed by atoms with Crippen LogP contribution in [-0.2, 0) is 6.54 Å². The molecular formula is C15H10BrFN4O2. The van der Waals surface area contributed by atoms with Crippen LogP contribution in [-0.4, -0.2) is 31.1 Å². The van der Waals surface area contributed by atoms with E-state index in [1.807, 2.05) is 0 Å². The standard InChI is InChI=1S/C15H10BrFN4O2/c16-11-2-1-10(12(17)7-11)8-21-14(9-3-5-18-6-4-9)13(15(22)23)19-20-21/h1-7H,8H2,(H,22,23). The molecule has 8 heteroatoms. The highest BCUT2D eigenvalue weighted by Crippen LogP contribution is 2.24. The molecule has 6 nitrogen and oxygen atoms in total. The summed E-state index contributed by atoms with van der Waals surface area (Å²) in [6.07, 6.45) is 3.08. The second-order valence-electron chi connectivity index (χ2n) is 4.72. The minimum absolute atomic E-state index is 0.0665. The highest BCUT2D eigenvalue weighted by Gasteiger charge is 2.21. The summed E-state index contributed by atoms with van der Waals surface area (Å²) in [5.74, 6) is -1.60.